The van der Waals surface area contributed by atoms with E-state index in [1.165, 1.54) is 4.52 Å². The summed E-state index contributed by atoms with van der Waals surface area (Å²) in [7, 11) is 0. The molecule has 0 radical (unpaired) electrons. The van der Waals surface area contributed by atoms with Crippen LogP contribution in [0, 0.1) is 0 Å². The summed E-state index contributed by atoms with van der Waals surface area (Å²) in [6, 6.07) is 10.9. The number of carbonyl (C=O) groups is 1. The predicted molar refractivity (Wildman–Crippen MR) is 77.1 cm³/mol. The Hall–Kier alpha value is -2.89. The van der Waals surface area contributed by atoms with Crippen molar-refractivity contribution in [1.29, 1.82) is 0 Å². The van der Waals surface area contributed by atoms with Gasteiger partial charge in [-0.15, -0.1) is 0 Å². The standard InChI is InChI=1S/C15H13N3O3/c1-2-11-13(15(20)21)14(19)18-12(16-11)8-9-17(18)10-6-4-3-5-7-10/h3-9H,2H2,1H3,(H,20,21). The fraction of sp³-hybridized carbons (Fsp3) is 0.133. The molecule has 3 rings (SSSR count). The van der Waals surface area contributed by atoms with E-state index in [1.54, 1.807) is 23.9 Å². The van der Waals surface area contributed by atoms with Crippen LogP contribution in [0.2, 0.25) is 0 Å². The molecular formula is C15H13N3O3. The molecule has 2 heterocycles. The number of nitrogens with zero attached hydrogens (tertiary/aromatic N) is 3. The van der Waals surface area contributed by atoms with E-state index < -0.39 is 11.5 Å². The molecule has 0 unspecified atom stereocenters. The van der Waals surface area contributed by atoms with Crippen LogP contribution in [0.5, 0.6) is 0 Å². The lowest BCUT2D eigenvalue weighted by atomic mass is 10.2. The Bertz CT molecular complexity index is 878. The Morgan fingerprint density at radius 2 is 1.95 bits per heavy atom. The van der Waals surface area contributed by atoms with Crippen molar-refractivity contribution in [2.75, 3.05) is 0 Å². The summed E-state index contributed by atoms with van der Waals surface area (Å²) in [5.74, 6) is -1.25. The van der Waals surface area contributed by atoms with E-state index in [-0.39, 0.29) is 5.56 Å². The van der Waals surface area contributed by atoms with E-state index >= 15 is 0 Å². The van der Waals surface area contributed by atoms with E-state index in [2.05, 4.69) is 4.98 Å². The number of benzene rings is 1. The zero-order chi connectivity index (χ0) is 15.0. The summed E-state index contributed by atoms with van der Waals surface area (Å²) >= 11 is 0. The first-order valence-electron chi connectivity index (χ1n) is 6.55. The first-order chi connectivity index (χ1) is 10.1. The van der Waals surface area contributed by atoms with Crippen molar-refractivity contribution in [3.63, 3.8) is 0 Å². The van der Waals surface area contributed by atoms with Crippen LogP contribution >= 0.6 is 0 Å². The topological polar surface area (TPSA) is 76.6 Å². The van der Waals surface area contributed by atoms with Crippen LogP contribution in [0.3, 0.4) is 0 Å². The summed E-state index contributed by atoms with van der Waals surface area (Å²) in [5.41, 5.74) is 0.657. The van der Waals surface area contributed by atoms with Crippen molar-refractivity contribution in [2.45, 2.75) is 13.3 Å². The number of fused-ring (bicyclic) bond motifs is 1. The number of carboxylic acids is 1. The molecule has 0 saturated carbocycles. The van der Waals surface area contributed by atoms with Gasteiger partial charge < -0.3 is 5.11 Å². The summed E-state index contributed by atoms with van der Waals surface area (Å²) in [4.78, 5) is 28.2. The Kier molecular flexibility index (Phi) is 3.06. The van der Waals surface area contributed by atoms with Crippen molar-refractivity contribution in [3.8, 4) is 5.69 Å². The number of carboxylic acid groups (broad SMARTS) is 1. The van der Waals surface area contributed by atoms with Crippen molar-refractivity contribution in [3.05, 3.63) is 64.2 Å². The minimum atomic E-state index is -1.25. The quantitative estimate of drug-likeness (QED) is 0.794. The summed E-state index contributed by atoms with van der Waals surface area (Å²) in [6.45, 7) is 1.78. The molecule has 0 spiro atoms. The van der Waals surface area contributed by atoms with Gasteiger partial charge in [0.15, 0.2) is 5.65 Å². The molecule has 1 aromatic carbocycles. The van der Waals surface area contributed by atoms with Crippen LogP contribution in [-0.4, -0.2) is 25.3 Å². The molecule has 0 aliphatic heterocycles. The molecule has 0 aliphatic carbocycles. The average molecular weight is 283 g/mol. The van der Waals surface area contributed by atoms with Gasteiger partial charge in [-0.25, -0.2) is 9.78 Å². The van der Waals surface area contributed by atoms with Gasteiger partial charge in [0.05, 0.1) is 11.4 Å². The van der Waals surface area contributed by atoms with Gasteiger partial charge in [0.2, 0.25) is 0 Å². The average Bonchev–Trinajstić information content (AvgIpc) is 2.91. The van der Waals surface area contributed by atoms with E-state index in [0.717, 1.165) is 5.69 Å². The number of hydrogen-bond acceptors (Lipinski definition) is 3. The molecule has 6 heteroatoms. The Morgan fingerprint density at radius 3 is 2.57 bits per heavy atom. The molecular weight excluding hydrogens is 270 g/mol. The fourth-order valence-corrected chi connectivity index (χ4v) is 2.35. The Morgan fingerprint density at radius 1 is 1.24 bits per heavy atom. The largest absolute Gasteiger partial charge is 0.477 e. The van der Waals surface area contributed by atoms with Crippen LogP contribution in [0.25, 0.3) is 11.3 Å². The molecule has 3 aromatic rings. The fourth-order valence-electron chi connectivity index (χ4n) is 2.35. The monoisotopic (exact) mass is 283 g/mol. The predicted octanol–water partition coefficient (Wildman–Crippen LogP) is 1.75. The summed E-state index contributed by atoms with van der Waals surface area (Å²) in [6.07, 6.45) is 2.09. The summed E-state index contributed by atoms with van der Waals surface area (Å²) in [5, 5.41) is 9.27. The molecule has 106 valence electrons. The second-order valence-electron chi connectivity index (χ2n) is 4.56. The molecule has 6 nitrogen and oxygen atoms in total. The second kappa shape index (κ2) is 4.90. The van der Waals surface area contributed by atoms with Gasteiger partial charge in [0.1, 0.15) is 5.56 Å². The smallest absolute Gasteiger partial charge is 0.343 e. The highest BCUT2D eigenvalue weighted by atomic mass is 16.4. The maximum absolute atomic E-state index is 12.5. The van der Waals surface area contributed by atoms with Crippen molar-refractivity contribution < 1.29 is 9.90 Å². The molecule has 0 amide bonds. The van der Waals surface area contributed by atoms with Gasteiger partial charge in [0.25, 0.3) is 5.56 Å². The lowest BCUT2D eigenvalue weighted by molar-refractivity contribution is 0.0692. The van der Waals surface area contributed by atoms with E-state index in [1.807, 2.05) is 30.3 Å². The van der Waals surface area contributed by atoms with Crippen molar-refractivity contribution in [1.82, 2.24) is 14.2 Å². The molecule has 0 atom stereocenters. The first kappa shape index (κ1) is 13.1. The van der Waals surface area contributed by atoms with Crippen molar-refractivity contribution >= 4 is 11.6 Å². The first-order valence-corrected chi connectivity index (χ1v) is 6.55. The Labute approximate surface area is 119 Å². The van der Waals surface area contributed by atoms with Gasteiger partial charge in [-0.2, -0.15) is 4.52 Å². The highest BCUT2D eigenvalue weighted by molar-refractivity contribution is 5.88. The second-order valence-corrected chi connectivity index (χ2v) is 4.56. The van der Waals surface area contributed by atoms with E-state index in [0.29, 0.717) is 17.8 Å². The Balaban J connectivity index is 2.39. The highest BCUT2D eigenvalue weighted by Crippen LogP contribution is 2.11. The third-order valence-corrected chi connectivity index (χ3v) is 3.31. The molecule has 2 aromatic heterocycles. The number of aryl methyl sites for hydroxylation is 1. The van der Waals surface area contributed by atoms with Crippen LogP contribution in [-0.2, 0) is 6.42 Å². The molecule has 0 saturated heterocycles. The number of aromatic nitrogens is 3. The molecule has 0 fully saturated rings. The molecule has 0 bridgehead atoms. The lowest BCUT2D eigenvalue weighted by Crippen LogP contribution is -2.28. The SMILES string of the molecule is CCc1nc2ccn(-c3ccccc3)n2c(=O)c1C(=O)O. The van der Waals surface area contributed by atoms with Gasteiger partial charge in [0, 0.05) is 12.3 Å². The molecule has 21 heavy (non-hydrogen) atoms. The number of hydrogen-bond donors (Lipinski definition) is 1. The number of aromatic carboxylic acids is 1. The summed E-state index contributed by atoms with van der Waals surface area (Å²) < 4.78 is 2.87. The minimum absolute atomic E-state index is 0.272. The molecule has 0 aliphatic rings. The van der Waals surface area contributed by atoms with Crippen LogP contribution < -0.4 is 5.56 Å². The third-order valence-electron chi connectivity index (χ3n) is 3.31. The highest BCUT2D eigenvalue weighted by Gasteiger charge is 2.19. The number of para-hydroxylation sites is 1. The maximum Gasteiger partial charge on any atom is 0.343 e. The third kappa shape index (κ3) is 2.01. The van der Waals surface area contributed by atoms with Crippen LogP contribution in [0.4, 0.5) is 0 Å². The normalized spacial score (nSPS) is 10.9. The van der Waals surface area contributed by atoms with E-state index in [4.69, 9.17) is 0 Å². The van der Waals surface area contributed by atoms with Crippen LogP contribution in [0.15, 0.2) is 47.4 Å². The van der Waals surface area contributed by atoms with Gasteiger partial charge in [-0.3, -0.25) is 9.48 Å². The minimum Gasteiger partial charge on any atom is -0.477 e. The molecule has 1 N–H and O–H groups in total. The zero-order valence-electron chi connectivity index (χ0n) is 11.4. The zero-order valence-corrected chi connectivity index (χ0v) is 11.4. The number of rotatable bonds is 3. The van der Waals surface area contributed by atoms with Gasteiger partial charge >= 0.3 is 5.97 Å². The lowest BCUT2D eigenvalue weighted by Gasteiger charge is -2.08. The van der Waals surface area contributed by atoms with Gasteiger partial charge in [-0.1, -0.05) is 25.1 Å². The van der Waals surface area contributed by atoms with Crippen molar-refractivity contribution in [2.24, 2.45) is 0 Å². The maximum atomic E-state index is 12.5. The van der Waals surface area contributed by atoms with Crippen LogP contribution in [0.1, 0.15) is 23.0 Å². The van der Waals surface area contributed by atoms with Gasteiger partial charge in [-0.05, 0) is 18.6 Å². The van der Waals surface area contributed by atoms with E-state index in [9.17, 15) is 14.7 Å².